The fraction of sp³-hybridized carbons (Fsp3) is 0.318. The average molecular weight is 390 g/mol. The third-order valence-corrected chi connectivity index (χ3v) is 5.27. The van der Waals surface area contributed by atoms with Crippen LogP contribution in [0.3, 0.4) is 0 Å². The molecule has 150 valence electrons. The highest BCUT2D eigenvalue weighted by molar-refractivity contribution is 5.50. The summed E-state index contributed by atoms with van der Waals surface area (Å²) in [5, 5.41) is 17.0. The van der Waals surface area contributed by atoms with Gasteiger partial charge in [-0.1, -0.05) is 36.4 Å². The van der Waals surface area contributed by atoms with Gasteiger partial charge in [0.1, 0.15) is 18.0 Å². The molecule has 3 atom stereocenters. The maximum atomic E-state index is 10.3. The first-order valence-corrected chi connectivity index (χ1v) is 9.88. The molecule has 0 amide bonds. The number of nitrogens with zero attached hydrogens (tertiary/aromatic N) is 4. The molecular formula is C22H26N6O. The van der Waals surface area contributed by atoms with E-state index < -0.39 is 0 Å². The molecule has 0 radical (unpaired) electrons. The maximum Gasteiger partial charge on any atom is 0.134 e. The molecule has 3 N–H and O–H groups in total. The number of anilines is 2. The van der Waals surface area contributed by atoms with E-state index in [1.165, 1.54) is 0 Å². The van der Waals surface area contributed by atoms with Gasteiger partial charge in [-0.2, -0.15) is 0 Å². The molecule has 1 aromatic carbocycles. The quantitative estimate of drug-likeness (QED) is 0.570. The fourth-order valence-corrected chi connectivity index (χ4v) is 3.85. The van der Waals surface area contributed by atoms with Gasteiger partial charge in [-0.3, -0.25) is 4.98 Å². The van der Waals surface area contributed by atoms with Crippen molar-refractivity contribution in [3.05, 3.63) is 78.4 Å². The number of aromatic nitrogens is 3. The Balaban J connectivity index is 1.54. The highest BCUT2D eigenvalue weighted by Crippen LogP contribution is 2.26. The molecule has 7 nitrogen and oxygen atoms in total. The Kier molecular flexibility index (Phi) is 5.97. The van der Waals surface area contributed by atoms with Crippen molar-refractivity contribution in [3.8, 4) is 0 Å². The standard InChI is InChI=1S/C22H26N6O/c1-23-20-12-21(27-15-26-20)28-14-18(29)11-17(28)13-25-22(16-7-3-2-4-8-16)19-9-5-6-10-24-19/h2-10,12,15,17-18,22,25,29H,11,13-14H2,1H3,(H,23,26,27)/t17-,18-,22?/m1/s1. The molecular weight excluding hydrogens is 364 g/mol. The maximum absolute atomic E-state index is 10.3. The molecule has 4 rings (SSSR count). The summed E-state index contributed by atoms with van der Waals surface area (Å²) in [5.74, 6) is 1.58. The normalized spacial score (nSPS) is 19.9. The summed E-state index contributed by atoms with van der Waals surface area (Å²) in [6.45, 7) is 1.26. The molecule has 1 fully saturated rings. The van der Waals surface area contributed by atoms with Crippen LogP contribution in [0.2, 0.25) is 0 Å². The van der Waals surface area contributed by atoms with Crippen LogP contribution in [0.25, 0.3) is 0 Å². The molecule has 7 heteroatoms. The molecule has 0 aliphatic carbocycles. The van der Waals surface area contributed by atoms with Crippen molar-refractivity contribution >= 4 is 11.6 Å². The molecule has 3 aromatic rings. The van der Waals surface area contributed by atoms with E-state index in [1.54, 1.807) is 6.33 Å². The number of nitrogens with one attached hydrogen (secondary N) is 2. The Labute approximate surface area is 170 Å². The highest BCUT2D eigenvalue weighted by Gasteiger charge is 2.32. The van der Waals surface area contributed by atoms with Crippen LogP contribution in [0.1, 0.15) is 23.7 Å². The molecule has 1 unspecified atom stereocenters. The second-order valence-corrected chi connectivity index (χ2v) is 7.21. The van der Waals surface area contributed by atoms with Gasteiger partial charge in [0.25, 0.3) is 0 Å². The van der Waals surface area contributed by atoms with Gasteiger partial charge in [0.15, 0.2) is 0 Å². The van der Waals surface area contributed by atoms with Gasteiger partial charge in [-0.05, 0) is 24.1 Å². The molecule has 29 heavy (non-hydrogen) atoms. The van der Waals surface area contributed by atoms with E-state index in [2.05, 4.69) is 42.6 Å². The Morgan fingerprint density at radius 2 is 1.93 bits per heavy atom. The zero-order chi connectivity index (χ0) is 20.1. The van der Waals surface area contributed by atoms with Crippen LogP contribution >= 0.6 is 0 Å². The summed E-state index contributed by atoms with van der Waals surface area (Å²) in [7, 11) is 1.83. The lowest BCUT2D eigenvalue weighted by molar-refractivity contribution is 0.194. The molecule has 0 saturated carbocycles. The van der Waals surface area contributed by atoms with Crippen molar-refractivity contribution < 1.29 is 5.11 Å². The topological polar surface area (TPSA) is 86.2 Å². The average Bonchev–Trinajstić information content (AvgIpc) is 3.16. The Morgan fingerprint density at radius 3 is 2.69 bits per heavy atom. The molecule has 1 aliphatic rings. The van der Waals surface area contributed by atoms with Crippen LogP contribution < -0.4 is 15.5 Å². The van der Waals surface area contributed by atoms with Gasteiger partial charge in [0, 0.05) is 38.4 Å². The number of aliphatic hydroxyl groups excluding tert-OH is 1. The van der Waals surface area contributed by atoms with Crippen LogP contribution in [0.5, 0.6) is 0 Å². The van der Waals surface area contributed by atoms with Crippen molar-refractivity contribution in [1.29, 1.82) is 0 Å². The van der Waals surface area contributed by atoms with Crippen LogP contribution in [0.4, 0.5) is 11.6 Å². The monoisotopic (exact) mass is 390 g/mol. The summed E-state index contributed by atoms with van der Waals surface area (Å²) in [4.78, 5) is 15.3. The minimum absolute atomic E-state index is 0.0183. The number of rotatable bonds is 7. The van der Waals surface area contributed by atoms with Crippen LogP contribution in [0.15, 0.2) is 67.1 Å². The van der Waals surface area contributed by atoms with E-state index in [-0.39, 0.29) is 18.2 Å². The minimum atomic E-state index is -0.375. The number of β-amino-alcohol motifs (C(OH)–C–C–N with tert-alkyl or cyclic N) is 1. The smallest absolute Gasteiger partial charge is 0.134 e. The molecule has 2 aromatic heterocycles. The first kappa shape index (κ1) is 19.3. The summed E-state index contributed by atoms with van der Waals surface area (Å²) in [6, 6.07) is 18.3. The van der Waals surface area contributed by atoms with E-state index in [0.29, 0.717) is 19.5 Å². The van der Waals surface area contributed by atoms with Gasteiger partial charge in [-0.15, -0.1) is 0 Å². The van der Waals surface area contributed by atoms with E-state index in [0.717, 1.165) is 22.9 Å². The molecule has 1 aliphatic heterocycles. The number of hydrogen-bond acceptors (Lipinski definition) is 7. The van der Waals surface area contributed by atoms with Crippen LogP contribution in [-0.2, 0) is 0 Å². The van der Waals surface area contributed by atoms with Gasteiger partial charge >= 0.3 is 0 Å². The van der Waals surface area contributed by atoms with E-state index in [9.17, 15) is 5.11 Å². The molecule has 3 heterocycles. The number of pyridine rings is 1. The second kappa shape index (κ2) is 8.98. The fourth-order valence-electron chi connectivity index (χ4n) is 3.85. The van der Waals surface area contributed by atoms with Crippen molar-refractivity contribution in [2.24, 2.45) is 0 Å². The van der Waals surface area contributed by atoms with Crippen molar-refractivity contribution in [2.75, 3.05) is 30.4 Å². The Hall–Kier alpha value is -3.03. The first-order valence-electron chi connectivity index (χ1n) is 9.88. The lowest BCUT2D eigenvalue weighted by atomic mass is 10.0. The first-order chi connectivity index (χ1) is 14.2. The van der Waals surface area contributed by atoms with E-state index in [4.69, 9.17) is 0 Å². The third kappa shape index (κ3) is 4.52. The van der Waals surface area contributed by atoms with Crippen molar-refractivity contribution in [2.45, 2.75) is 24.6 Å². The van der Waals surface area contributed by atoms with Crippen molar-refractivity contribution in [1.82, 2.24) is 20.3 Å². The summed E-state index contributed by atoms with van der Waals surface area (Å²) >= 11 is 0. The zero-order valence-electron chi connectivity index (χ0n) is 16.4. The highest BCUT2D eigenvalue weighted by atomic mass is 16.3. The third-order valence-electron chi connectivity index (χ3n) is 5.27. The Morgan fingerprint density at radius 1 is 1.10 bits per heavy atom. The second-order valence-electron chi connectivity index (χ2n) is 7.21. The predicted molar refractivity (Wildman–Crippen MR) is 114 cm³/mol. The Bertz CT molecular complexity index is 868. The van der Waals surface area contributed by atoms with Gasteiger partial charge in [0.2, 0.25) is 0 Å². The SMILES string of the molecule is CNc1cc(N2C[C@H](O)C[C@@H]2CNC(c2ccccc2)c2ccccn2)ncn1. The largest absolute Gasteiger partial charge is 0.391 e. The predicted octanol–water partition coefficient (Wildman–Crippen LogP) is 2.23. The minimum Gasteiger partial charge on any atom is -0.391 e. The summed E-state index contributed by atoms with van der Waals surface area (Å²) in [6.07, 6.45) is 3.69. The lowest BCUT2D eigenvalue weighted by Gasteiger charge is -2.28. The van der Waals surface area contributed by atoms with E-state index in [1.807, 2.05) is 55.7 Å². The van der Waals surface area contributed by atoms with Gasteiger partial charge in [0.05, 0.1) is 17.8 Å². The van der Waals surface area contributed by atoms with Gasteiger partial charge in [-0.25, -0.2) is 9.97 Å². The zero-order valence-corrected chi connectivity index (χ0v) is 16.4. The van der Waals surface area contributed by atoms with E-state index >= 15 is 0 Å². The van der Waals surface area contributed by atoms with Gasteiger partial charge < -0.3 is 20.6 Å². The lowest BCUT2D eigenvalue weighted by Crippen LogP contribution is -2.40. The summed E-state index contributed by atoms with van der Waals surface area (Å²) in [5.41, 5.74) is 2.14. The molecule has 0 bridgehead atoms. The van der Waals surface area contributed by atoms with Crippen LogP contribution in [-0.4, -0.2) is 52.3 Å². The molecule has 0 spiro atoms. The van der Waals surface area contributed by atoms with Crippen LogP contribution in [0, 0.1) is 0 Å². The number of hydrogen-bond donors (Lipinski definition) is 3. The summed E-state index contributed by atoms with van der Waals surface area (Å²) < 4.78 is 0. The number of aliphatic hydroxyl groups is 1. The number of benzene rings is 1. The van der Waals surface area contributed by atoms with Crippen molar-refractivity contribution in [3.63, 3.8) is 0 Å². The molecule has 1 saturated heterocycles.